The van der Waals surface area contributed by atoms with Gasteiger partial charge in [-0.05, 0) is 25.3 Å². The van der Waals surface area contributed by atoms with E-state index in [0.717, 1.165) is 44.9 Å². The Kier molecular flexibility index (Phi) is 5.13. The van der Waals surface area contributed by atoms with Crippen molar-refractivity contribution in [1.82, 2.24) is 0 Å². The molecule has 0 bridgehead atoms. The first-order valence-electron chi connectivity index (χ1n) is 9.55. The number of hydrogen-bond donors (Lipinski definition) is 0. The topological polar surface area (TPSA) is 50.1 Å². The summed E-state index contributed by atoms with van der Waals surface area (Å²) in [5, 5.41) is 0. The maximum atomic E-state index is 13.5. The lowest BCUT2D eigenvalue weighted by Gasteiger charge is -2.34. The normalized spacial score (nSPS) is 33.8. The van der Waals surface area contributed by atoms with E-state index >= 15 is 0 Å². The van der Waals surface area contributed by atoms with Crippen LogP contribution in [-0.4, -0.2) is 30.4 Å². The number of halogens is 1. The van der Waals surface area contributed by atoms with Gasteiger partial charge in [0.1, 0.15) is 12.2 Å². The fourth-order valence-electron chi connectivity index (χ4n) is 4.17. The maximum absolute atomic E-state index is 13.5. The van der Waals surface area contributed by atoms with Crippen molar-refractivity contribution in [2.45, 2.75) is 95.3 Å². The summed E-state index contributed by atoms with van der Waals surface area (Å²) >= 11 is 0. The lowest BCUT2D eigenvalue weighted by molar-refractivity contribution is -0.249. The first-order chi connectivity index (χ1) is 12.2. The van der Waals surface area contributed by atoms with E-state index in [2.05, 4.69) is 6.92 Å². The van der Waals surface area contributed by atoms with Crippen molar-refractivity contribution in [2.75, 3.05) is 0 Å². The molecular weight excluding hydrogens is 327 g/mol. The molecule has 3 fully saturated rings. The number of fused-ring (bicyclic) bond motifs is 1. The highest BCUT2D eigenvalue weighted by Crippen LogP contribution is 2.46. The average Bonchev–Trinajstić information content (AvgIpc) is 3.25. The molecule has 0 unspecified atom stereocenters. The van der Waals surface area contributed by atoms with Crippen LogP contribution in [0.5, 0.6) is 0 Å². The lowest BCUT2D eigenvalue weighted by atomic mass is 9.94. The molecule has 1 aliphatic carbocycles. The molecule has 5 nitrogen and oxygen atoms in total. The smallest absolute Gasteiger partial charge is 0.283 e. The fourth-order valence-corrected chi connectivity index (χ4v) is 4.17. The van der Waals surface area contributed by atoms with Gasteiger partial charge in [0.05, 0.1) is 24.5 Å². The molecule has 3 aliphatic rings. The molecule has 3 heterocycles. The minimum Gasteiger partial charge on any atom is -0.439 e. The third kappa shape index (κ3) is 3.50. The number of unbranched alkanes of at least 4 members (excludes halogenated alkanes) is 1. The number of hydrogen-bond acceptors (Lipinski definition) is 5. The second-order valence-electron chi connectivity index (χ2n) is 7.35. The van der Waals surface area contributed by atoms with Crippen LogP contribution in [0.1, 0.15) is 63.9 Å². The lowest BCUT2D eigenvalue weighted by Crippen LogP contribution is -2.40. The van der Waals surface area contributed by atoms with E-state index in [-0.39, 0.29) is 31.2 Å². The molecule has 1 aromatic heterocycles. The van der Waals surface area contributed by atoms with Gasteiger partial charge in [0.2, 0.25) is 0 Å². The monoisotopic (exact) mass is 354 g/mol. The number of furan rings is 1. The fraction of sp³-hybridized carbons (Fsp3) is 0.789. The highest BCUT2D eigenvalue weighted by molar-refractivity contribution is 5.06. The quantitative estimate of drug-likeness (QED) is 0.762. The zero-order chi connectivity index (χ0) is 17.3. The van der Waals surface area contributed by atoms with Crippen LogP contribution in [0.3, 0.4) is 0 Å². The number of rotatable bonds is 6. The first kappa shape index (κ1) is 17.5. The van der Waals surface area contributed by atoms with Crippen LogP contribution in [0.4, 0.5) is 4.39 Å². The minimum absolute atomic E-state index is 0.0779. The van der Waals surface area contributed by atoms with E-state index in [1.807, 2.05) is 0 Å². The van der Waals surface area contributed by atoms with Gasteiger partial charge >= 0.3 is 0 Å². The summed E-state index contributed by atoms with van der Waals surface area (Å²) < 4.78 is 43.0. The van der Waals surface area contributed by atoms with Gasteiger partial charge in [0, 0.05) is 12.8 Å². The zero-order valence-electron chi connectivity index (χ0n) is 14.7. The van der Waals surface area contributed by atoms with Crippen molar-refractivity contribution < 1.29 is 27.8 Å². The molecule has 1 aromatic rings. The van der Waals surface area contributed by atoms with Crippen LogP contribution >= 0.6 is 0 Å². The Morgan fingerprint density at radius 1 is 1.24 bits per heavy atom. The van der Waals surface area contributed by atoms with Crippen LogP contribution in [-0.2, 0) is 25.6 Å². The van der Waals surface area contributed by atoms with Crippen molar-refractivity contribution in [3.63, 3.8) is 0 Å². The summed E-state index contributed by atoms with van der Waals surface area (Å²) in [6.45, 7) is 2.30. The summed E-state index contributed by atoms with van der Waals surface area (Å²) in [4.78, 5) is 0. The SMILES string of the molecule is CCCC[C@H]1O[C@@H]2OC3(CCCCC3)O[C@@H]2[C@H]1OCc1ccoc1F. The molecule has 25 heavy (non-hydrogen) atoms. The number of ether oxygens (including phenoxy) is 4. The third-order valence-corrected chi connectivity index (χ3v) is 5.53. The van der Waals surface area contributed by atoms with Gasteiger partial charge in [-0.3, -0.25) is 0 Å². The van der Waals surface area contributed by atoms with Crippen molar-refractivity contribution in [1.29, 1.82) is 0 Å². The molecule has 1 spiro atoms. The van der Waals surface area contributed by atoms with Crippen molar-refractivity contribution in [3.8, 4) is 0 Å². The molecule has 1 saturated carbocycles. The van der Waals surface area contributed by atoms with Gasteiger partial charge in [-0.15, -0.1) is 0 Å². The van der Waals surface area contributed by atoms with Gasteiger partial charge in [0.25, 0.3) is 6.01 Å². The predicted molar refractivity (Wildman–Crippen MR) is 87.2 cm³/mol. The van der Waals surface area contributed by atoms with E-state index in [1.54, 1.807) is 6.07 Å². The summed E-state index contributed by atoms with van der Waals surface area (Å²) in [6.07, 6.45) is 8.70. The van der Waals surface area contributed by atoms with Crippen LogP contribution in [0.2, 0.25) is 0 Å². The molecule has 0 radical (unpaired) electrons. The molecule has 6 heteroatoms. The average molecular weight is 354 g/mol. The Bertz CT molecular complexity index is 568. The Morgan fingerprint density at radius 2 is 2.08 bits per heavy atom. The molecular formula is C19H27FO5. The van der Waals surface area contributed by atoms with E-state index in [0.29, 0.717) is 5.56 Å². The minimum atomic E-state index is -0.590. The molecule has 0 N–H and O–H groups in total. The summed E-state index contributed by atoms with van der Waals surface area (Å²) in [7, 11) is 0. The first-order valence-corrected chi connectivity index (χ1v) is 9.55. The van der Waals surface area contributed by atoms with Crippen LogP contribution in [0, 0.1) is 6.01 Å². The van der Waals surface area contributed by atoms with Gasteiger partial charge in [0.15, 0.2) is 12.1 Å². The van der Waals surface area contributed by atoms with Crippen molar-refractivity contribution in [3.05, 3.63) is 23.9 Å². The Hall–Kier alpha value is -0.950. The second-order valence-corrected chi connectivity index (χ2v) is 7.35. The summed E-state index contributed by atoms with van der Waals surface area (Å²) in [5.74, 6) is -0.508. The Labute approximate surface area is 147 Å². The Morgan fingerprint density at radius 3 is 2.80 bits per heavy atom. The zero-order valence-corrected chi connectivity index (χ0v) is 14.7. The van der Waals surface area contributed by atoms with E-state index in [1.165, 1.54) is 12.7 Å². The van der Waals surface area contributed by atoms with Gasteiger partial charge < -0.3 is 23.4 Å². The van der Waals surface area contributed by atoms with E-state index in [4.69, 9.17) is 23.4 Å². The van der Waals surface area contributed by atoms with Gasteiger partial charge in [-0.25, -0.2) is 0 Å². The van der Waals surface area contributed by atoms with Crippen LogP contribution in [0.25, 0.3) is 0 Å². The summed E-state index contributed by atoms with van der Waals surface area (Å²) in [6, 6.07) is 1.01. The molecule has 140 valence electrons. The van der Waals surface area contributed by atoms with E-state index < -0.39 is 11.8 Å². The largest absolute Gasteiger partial charge is 0.439 e. The Balaban J connectivity index is 1.45. The van der Waals surface area contributed by atoms with Crippen LogP contribution in [0.15, 0.2) is 16.7 Å². The highest BCUT2D eigenvalue weighted by Gasteiger charge is 2.58. The summed E-state index contributed by atoms with van der Waals surface area (Å²) in [5.41, 5.74) is 0.420. The van der Waals surface area contributed by atoms with Gasteiger partial charge in [-0.2, -0.15) is 4.39 Å². The standard InChI is InChI=1S/C19H27FO5/c1-2-3-7-14-15(22-12-13-8-11-21-17(13)20)16-18(23-14)25-19(24-16)9-5-4-6-10-19/h8,11,14-16,18H,2-7,9-10,12H2,1H3/t14-,15+,16-,18-/m1/s1. The molecule has 4 atom stereocenters. The molecule has 4 rings (SSSR count). The van der Waals surface area contributed by atoms with Crippen LogP contribution < -0.4 is 0 Å². The maximum Gasteiger partial charge on any atom is 0.283 e. The van der Waals surface area contributed by atoms with Crippen molar-refractivity contribution >= 4 is 0 Å². The van der Waals surface area contributed by atoms with Gasteiger partial charge in [-0.1, -0.05) is 26.2 Å². The molecule has 0 aromatic carbocycles. The highest BCUT2D eigenvalue weighted by atomic mass is 19.1. The third-order valence-electron chi connectivity index (χ3n) is 5.53. The molecule has 2 saturated heterocycles. The second kappa shape index (κ2) is 7.35. The molecule has 0 amide bonds. The molecule has 2 aliphatic heterocycles. The van der Waals surface area contributed by atoms with Crippen molar-refractivity contribution in [2.24, 2.45) is 0 Å². The predicted octanol–water partition coefficient (Wildman–Crippen LogP) is 4.29. The van der Waals surface area contributed by atoms with E-state index in [9.17, 15) is 4.39 Å².